The molecule has 2 N–H and O–H groups in total. The predicted molar refractivity (Wildman–Crippen MR) is 144 cm³/mol. The van der Waals surface area contributed by atoms with Crippen molar-refractivity contribution in [2.45, 2.75) is 52.5 Å². The molecule has 4 aromatic rings. The molecule has 5 rings (SSSR count). The van der Waals surface area contributed by atoms with Crippen molar-refractivity contribution in [1.82, 2.24) is 9.97 Å². The third-order valence-electron chi connectivity index (χ3n) is 6.43. The first-order chi connectivity index (χ1) is 17.0. The van der Waals surface area contributed by atoms with E-state index in [1.54, 1.807) is 11.3 Å². The number of aryl methyl sites for hydroxylation is 4. The summed E-state index contributed by atoms with van der Waals surface area (Å²) < 4.78 is 0. The zero-order valence-corrected chi connectivity index (χ0v) is 21.2. The van der Waals surface area contributed by atoms with Crippen LogP contribution in [0.15, 0.2) is 60.7 Å². The molecule has 2 aromatic carbocycles. The Morgan fingerprint density at radius 1 is 0.914 bits per heavy atom. The number of benzene rings is 2. The van der Waals surface area contributed by atoms with Gasteiger partial charge in [-0.2, -0.15) is 0 Å². The van der Waals surface area contributed by atoms with Crippen LogP contribution in [0.4, 0.5) is 10.9 Å². The van der Waals surface area contributed by atoms with Gasteiger partial charge < -0.3 is 10.6 Å². The van der Waals surface area contributed by atoms with Crippen molar-refractivity contribution in [1.29, 1.82) is 0 Å². The van der Waals surface area contributed by atoms with Gasteiger partial charge in [-0.1, -0.05) is 48.0 Å². The summed E-state index contributed by atoms with van der Waals surface area (Å²) in [6.07, 6.45) is 4.40. The minimum absolute atomic E-state index is 0.0873. The van der Waals surface area contributed by atoms with Crippen molar-refractivity contribution in [2.75, 3.05) is 10.6 Å². The fourth-order valence-corrected chi connectivity index (χ4v) is 6.08. The zero-order chi connectivity index (χ0) is 24.4. The fourth-order valence-electron chi connectivity index (χ4n) is 4.75. The highest BCUT2D eigenvalue weighted by atomic mass is 32.1. The Kier molecular flexibility index (Phi) is 6.64. The highest BCUT2D eigenvalue weighted by Gasteiger charge is 2.29. The van der Waals surface area contributed by atoms with Crippen LogP contribution < -0.4 is 10.6 Å². The van der Waals surface area contributed by atoms with Gasteiger partial charge >= 0.3 is 0 Å². The lowest BCUT2D eigenvalue weighted by Gasteiger charge is -2.24. The lowest BCUT2D eigenvalue weighted by atomic mass is 9.89. The number of nitrogens with zero attached hydrogens (tertiary/aromatic N) is 2. The number of rotatable bonds is 6. The van der Waals surface area contributed by atoms with Crippen LogP contribution in [-0.4, -0.2) is 15.9 Å². The maximum absolute atomic E-state index is 13.2. The molecule has 0 saturated carbocycles. The average Bonchev–Trinajstić information content (AvgIpc) is 3.20. The molecular formula is C29H30N4OS. The third kappa shape index (κ3) is 5.13. The van der Waals surface area contributed by atoms with E-state index < -0.39 is 0 Å². The SMILES string of the molecule is Cc1ccc(C(Nc2nc(C)cc(C)n2)c2c(NC(=O)c3ccccc3)sc3c2CCCC3)cc1. The first kappa shape index (κ1) is 23.2. The van der Waals surface area contributed by atoms with Crippen molar-refractivity contribution in [3.63, 3.8) is 0 Å². The van der Waals surface area contributed by atoms with Gasteiger partial charge in [0, 0.05) is 27.4 Å². The smallest absolute Gasteiger partial charge is 0.256 e. The quantitative estimate of drug-likeness (QED) is 0.317. The number of thiophene rings is 1. The van der Waals surface area contributed by atoms with Gasteiger partial charge in [0.05, 0.1) is 6.04 Å². The summed E-state index contributed by atoms with van der Waals surface area (Å²) in [6.45, 7) is 6.06. The van der Waals surface area contributed by atoms with Crippen LogP contribution >= 0.6 is 11.3 Å². The van der Waals surface area contributed by atoms with Crippen LogP contribution in [-0.2, 0) is 12.8 Å². The first-order valence-corrected chi connectivity index (χ1v) is 13.0. The lowest BCUT2D eigenvalue weighted by molar-refractivity contribution is 0.102. The van der Waals surface area contributed by atoms with Gasteiger partial charge in [0.2, 0.25) is 5.95 Å². The van der Waals surface area contributed by atoms with Crippen LogP contribution in [0.2, 0.25) is 0 Å². The van der Waals surface area contributed by atoms with Crippen LogP contribution in [0.3, 0.4) is 0 Å². The molecule has 0 radical (unpaired) electrons. The molecule has 2 aromatic heterocycles. The monoisotopic (exact) mass is 482 g/mol. The first-order valence-electron chi connectivity index (χ1n) is 12.1. The Labute approximate surface area is 210 Å². The van der Waals surface area contributed by atoms with Gasteiger partial charge in [-0.25, -0.2) is 9.97 Å². The standard InChI is InChI=1S/C29H30N4OS/c1-18-13-15-21(16-14-18)26(32-29-30-19(2)17-20(3)31-29)25-23-11-7-8-12-24(23)35-28(25)33-27(34)22-9-5-4-6-10-22/h4-6,9-10,13-17,26H,7-8,11-12H2,1-3H3,(H,33,34)(H,30,31,32). The number of nitrogens with one attached hydrogen (secondary N) is 2. The molecule has 2 heterocycles. The van der Waals surface area contributed by atoms with Crippen LogP contribution in [0, 0.1) is 20.8 Å². The van der Waals surface area contributed by atoms with E-state index >= 15 is 0 Å². The van der Waals surface area contributed by atoms with Gasteiger partial charge in [0.15, 0.2) is 0 Å². The molecule has 0 spiro atoms. The number of carbonyl (C=O) groups excluding carboxylic acids is 1. The predicted octanol–water partition coefficient (Wildman–Crippen LogP) is 6.80. The number of amides is 1. The average molecular weight is 483 g/mol. The van der Waals surface area contributed by atoms with Gasteiger partial charge in [0.25, 0.3) is 5.91 Å². The van der Waals surface area contributed by atoms with Gasteiger partial charge in [0.1, 0.15) is 5.00 Å². The molecule has 5 nitrogen and oxygen atoms in total. The number of hydrogen-bond acceptors (Lipinski definition) is 5. The van der Waals surface area contributed by atoms with Crippen molar-refractivity contribution in [3.8, 4) is 0 Å². The molecule has 1 atom stereocenters. The van der Waals surface area contributed by atoms with Crippen molar-refractivity contribution < 1.29 is 4.79 Å². The molecule has 1 aliphatic rings. The molecule has 1 aliphatic carbocycles. The minimum Gasteiger partial charge on any atom is -0.343 e. The summed E-state index contributed by atoms with van der Waals surface area (Å²) in [6, 6.07) is 19.8. The minimum atomic E-state index is -0.180. The van der Waals surface area contributed by atoms with E-state index in [0.717, 1.165) is 46.8 Å². The van der Waals surface area contributed by atoms with Crippen molar-refractivity contribution >= 4 is 28.2 Å². The van der Waals surface area contributed by atoms with E-state index in [9.17, 15) is 4.79 Å². The number of anilines is 2. The second kappa shape index (κ2) is 10.0. The summed E-state index contributed by atoms with van der Waals surface area (Å²) >= 11 is 1.72. The largest absolute Gasteiger partial charge is 0.343 e. The topological polar surface area (TPSA) is 66.9 Å². The molecule has 178 valence electrons. The van der Waals surface area contributed by atoms with E-state index in [-0.39, 0.29) is 11.9 Å². The second-order valence-corrected chi connectivity index (χ2v) is 10.3. The fraction of sp³-hybridized carbons (Fsp3) is 0.276. The van der Waals surface area contributed by atoms with Gasteiger partial charge in [-0.3, -0.25) is 4.79 Å². The summed E-state index contributed by atoms with van der Waals surface area (Å²) in [7, 11) is 0. The van der Waals surface area contributed by atoms with E-state index in [0.29, 0.717) is 11.5 Å². The van der Waals surface area contributed by atoms with Crippen LogP contribution in [0.1, 0.15) is 67.8 Å². The second-order valence-electron chi connectivity index (χ2n) is 9.24. The Morgan fingerprint density at radius 3 is 2.31 bits per heavy atom. The molecule has 1 amide bonds. The summed E-state index contributed by atoms with van der Waals surface area (Å²) in [5, 5.41) is 7.80. The van der Waals surface area contributed by atoms with Crippen molar-refractivity contribution in [3.05, 3.63) is 105 Å². The molecule has 1 unspecified atom stereocenters. The van der Waals surface area contributed by atoms with Crippen molar-refractivity contribution in [2.24, 2.45) is 0 Å². The van der Waals surface area contributed by atoms with E-state index in [1.165, 1.54) is 22.4 Å². The molecule has 0 bridgehead atoms. The molecule has 0 aliphatic heterocycles. The Balaban J connectivity index is 1.62. The molecule has 6 heteroatoms. The summed E-state index contributed by atoms with van der Waals surface area (Å²) in [4.78, 5) is 23.9. The summed E-state index contributed by atoms with van der Waals surface area (Å²) in [5.74, 6) is 0.514. The zero-order valence-electron chi connectivity index (χ0n) is 20.4. The van der Waals surface area contributed by atoms with Crippen LogP contribution in [0.25, 0.3) is 0 Å². The third-order valence-corrected chi connectivity index (χ3v) is 7.65. The molecular weight excluding hydrogens is 452 g/mol. The number of aromatic nitrogens is 2. The Morgan fingerprint density at radius 2 is 1.60 bits per heavy atom. The maximum atomic E-state index is 13.2. The molecule has 0 fully saturated rings. The normalized spacial score (nSPS) is 13.7. The molecule has 35 heavy (non-hydrogen) atoms. The highest BCUT2D eigenvalue weighted by molar-refractivity contribution is 7.16. The Bertz CT molecular complexity index is 1330. The van der Waals surface area contributed by atoms with Crippen LogP contribution in [0.5, 0.6) is 0 Å². The number of carbonyl (C=O) groups is 1. The van der Waals surface area contributed by atoms with Gasteiger partial charge in [-0.05, 0) is 75.8 Å². The van der Waals surface area contributed by atoms with E-state index in [2.05, 4.69) is 51.8 Å². The number of hydrogen-bond donors (Lipinski definition) is 2. The highest BCUT2D eigenvalue weighted by Crippen LogP contribution is 2.44. The summed E-state index contributed by atoms with van der Waals surface area (Å²) in [5.41, 5.74) is 7.33. The number of fused-ring (bicyclic) bond motifs is 1. The van der Waals surface area contributed by atoms with Gasteiger partial charge in [-0.15, -0.1) is 11.3 Å². The lowest BCUT2D eigenvalue weighted by Crippen LogP contribution is -2.19. The van der Waals surface area contributed by atoms with E-state index in [4.69, 9.17) is 0 Å². The maximum Gasteiger partial charge on any atom is 0.256 e. The molecule has 0 saturated heterocycles. The van der Waals surface area contributed by atoms with E-state index in [1.807, 2.05) is 50.2 Å². The Hall–Kier alpha value is -3.51.